The van der Waals surface area contributed by atoms with Crippen LogP contribution in [0.4, 0.5) is 0 Å². The second-order valence-electron chi connectivity index (χ2n) is 6.59. The number of aryl methyl sites for hydroxylation is 1. The molecule has 1 aliphatic heterocycles. The minimum Gasteiger partial charge on any atom is -0.393 e. The van der Waals surface area contributed by atoms with E-state index < -0.39 is 0 Å². The van der Waals surface area contributed by atoms with Gasteiger partial charge in [-0.1, -0.05) is 24.1 Å². The van der Waals surface area contributed by atoms with E-state index in [0.29, 0.717) is 0 Å². The van der Waals surface area contributed by atoms with E-state index in [2.05, 4.69) is 0 Å². The van der Waals surface area contributed by atoms with Crippen molar-refractivity contribution in [2.24, 2.45) is 5.92 Å². The van der Waals surface area contributed by atoms with E-state index in [-0.39, 0.29) is 24.0 Å². The van der Waals surface area contributed by atoms with Crippen LogP contribution in [0.1, 0.15) is 54.4 Å². The normalized spacial score (nSPS) is 29.6. The standard InChI is InChI=1S/C18H25NO2/c1-13-6-4-7-14(12-13)18(21)19-11-3-2-9-16(19)15-8-5-10-17(15)20/h4,6-7,12,15-17,20H,2-3,5,8-11H2,1H3. The van der Waals surface area contributed by atoms with Crippen molar-refractivity contribution in [2.45, 2.75) is 57.6 Å². The maximum absolute atomic E-state index is 12.9. The highest BCUT2D eigenvalue weighted by Crippen LogP contribution is 2.35. The quantitative estimate of drug-likeness (QED) is 0.907. The van der Waals surface area contributed by atoms with Gasteiger partial charge >= 0.3 is 0 Å². The van der Waals surface area contributed by atoms with Gasteiger partial charge in [0.25, 0.3) is 5.91 Å². The number of amides is 1. The maximum atomic E-state index is 12.9. The molecule has 3 heteroatoms. The molecule has 1 N–H and O–H groups in total. The van der Waals surface area contributed by atoms with Gasteiger partial charge in [-0.05, 0) is 51.2 Å². The Hall–Kier alpha value is -1.35. The first-order valence-corrected chi connectivity index (χ1v) is 8.22. The van der Waals surface area contributed by atoms with Crippen LogP contribution in [-0.2, 0) is 0 Å². The summed E-state index contributed by atoms with van der Waals surface area (Å²) < 4.78 is 0. The van der Waals surface area contributed by atoms with Crippen LogP contribution >= 0.6 is 0 Å². The molecule has 3 atom stereocenters. The summed E-state index contributed by atoms with van der Waals surface area (Å²) in [4.78, 5) is 14.9. The molecule has 1 aromatic rings. The van der Waals surface area contributed by atoms with E-state index in [4.69, 9.17) is 0 Å². The number of nitrogens with zero attached hydrogens (tertiary/aromatic N) is 1. The highest BCUT2D eigenvalue weighted by atomic mass is 16.3. The predicted octanol–water partition coefficient (Wildman–Crippen LogP) is 3.15. The fourth-order valence-electron chi connectivity index (χ4n) is 4.02. The van der Waals surface area contributed by atoms with Crippen molar-refractivity contribution < 1.29 is 9.90 Å². The number of likely N-dealkylation sites (tertiary alicyclic amines) is 1. The van der Waals surface area contributed by atoms with Gasteiger partial charge < -0.3 is 10.0 Å². The van der Waals surface area contributed by atoms with Crippen LogP contribution in [0.5, 0.6) is 0 Å². The summed E-state index contributed by atoms with van der Waals surface area (Å²) >= 11 is 0. The molecule has 1 amide bonds. The molecule has 21 heavy (non-hydrogen) atoms. The number of hydrogen-bond donors (Lipinski definition) is 1. The lowest BCUT2D eigenvalue weighted by molar-refractivity contribution is 0.0288. The number of aliphatic hydroxyl groups excluding tert-OH is 1. The van der Waals surface area contributed by atoms with Gasteiger partial charge in [0.2, 0.25) is 0 Å². The Morgan fingerprint density at radius 1 is 1.19 bits per heavy atom. The Morgan fingerprint density at radius 3 is 2.76 bits per heavy atom. The summed E-state index contributed by atoms with van der Waals surface area (Å²) in [5.74, 6) is 0.418. The fraction of sp³-hybridized carbons (Fsp3) is 0.611. The molecule has 3 rings (SSSR count). The van der Waals surface area contributed by atoms with Crippen LogP contribution in [0.15, 0.2) is 24.3 Å². The second-order valence-corrected chi connectivity index (χ2v) is 6.59. The smallest absolute Gasteiger partial charge is 0.254 e. The van der Waals surface area contributed by atoms with Crippen molar-refractivity contribution in [2.75, 3.05) is 6.54 Å². The summed E-state index contributed by atoms with van der Waals surface area (Å²) in [6, 6.07) is 8.08. The van der Waals surface area contributed by atoms with Crippen LogP contribution in [0.3, 0.4) is 0 Å². The lowest BCUT2D eigenvalue weighted by atomic mass is 9.87. The summed E-state index contributed by atoms with van der Waals surface area (Å²) in [5.41, 5.74) is 1.91. The fourth-order valence-corrected chi connectivity index (χ4v) is 4.02. The van der Waals surface area contributed by atoms with Crippen LogP contribution in [0.2, 0.25) is 0 Å². The average Bonchev–Trinajstić information content (AvgIpc) is 2.92. The monoisotopic (exact) mass is 287 g/mol. The summed E-state index contributed by atoms with van der Waals surface area (Å²) in [5, 5.41) is 10.2. The molecule has 3 nitrogen and oxygen atoms in total. The highest BCUT2D eigenvalue weighted by molar-refractivity contribution is 5.94. The molecule has 0 aromatic heterocycles. The molecule has 0 spiro atoms. The first-order valence-electron chi connectivity index (χ1n) is 8.22. The predicted molar refractivity (Wildman–Crippen MR) is 83.2 cm³/mol. The van der Waals surface area contributed by atoms with Crippen molar-refractivity contribution in [1.82, 2.24) is 4.90 Å². The van der Waals surface area contributed by atoms with Gasteiger partial charge in [0.1, 0.15) is 0 Å². The Bertz CT molecular complexity index is 514. The number of piperidine rings is 1. The highest BCUT2D eigenvalue weighted by Gasteiger charge is 2.38. The molecule has 1 aromatic carbocycles. The van der Waals surface area contributed by atoms with E-state index in [9.17, 15) is 9.90 Å². The molecule has 3 unspecified atom stereocenters. The van der Waals surface area contributed by atoms with Gasteiger partial charge in [0, 0.05) is 24.1 Å². The molecular weight excluding hydrogens is 262 g/mol. The zero-order valence-electron chi connectivity index (χ0n) is 12.8. The number of benzene rings is 1. The lowest BCUT2D eigenvalue weighted by Crippen LogP contribution is -2.49. The number of hydrogen-bond acceptors (Lipinski definition) is 2. The largest absolute Gasteiger partial charge is 0.393 e. The van der Waals surface area contributed by atoms with Gasteiger partial charge in [-0.2, -0.15) is 0 Å². The van der Waals surface area contributed by atoms with Crippen molar-refractivity contribution >= 4 is 5.91 Å². The Morgan fingerprint density at radius 2 is 2.05 bits per heavy atom. The molecule has 1 aliphatic carbocycles. The lowest BCUT2D eigenvalue weighted by Gasteiger charge is -2.40. The molecule has 2 fully saturated rings. The molecule has 114 valence electrons. The zero-order chi connectivity index (χ0) is 14.8. The minimum absolute atomic E-state index is 0.141. The molecular formula is C18H25NO2. The van der Waals surface area contributed by atoms with Gasteiger partial charge in [-0.3, -0.25) is 4.79 Å². The van der Waals surface area contributed by atoms with Gasteiger partial charge in [0.15, 0.2) is 0 Å². The molecule has 1 heterocycles. The van der Waals surface area contributed by atoms with E-state index >= 15 is 0 Å². The Kier molecular flexibility index (Phi) is 4.29. The van der Waals surface area contributed by atoms with Crippen LogP contribution in [0.25, 0.3) is 0 Å². The first kappa shape index (κ1) is 14.6. The molecule has 2 aliphatic rings. The number of aliphatic hydroxyl groups is 1. The van der Waals surface area contributed by atoms with Crippen molar-refractivity contribution in [3.63, 3.8) is 0 Å². The van der Waals surface area contributed by atoms with Crippen LogP contribution in [-0.4, -0.2) is 34.6 Å². The zero-order valence-corrected chi connectivity index (χ0v) is 12.8. The Balaban J connectivity index is 1.82. The van der Waals surface area contributed by atoms with E-state index in [1.54, 1.807) is 0 Å². The third-order valence-corrected chi connectivity index (χ3v) is 5.10. The maximum Gasteiger partial charge on any atom is 0.254 e. The van der Waals surface area contributed by atoms with E-state index in [1.807, 2.05) is 36.1 Å². The van der Waals surface area contributed by atoms with Crippen molar-refractivity contribution in [1.29, 1.82) is 0 Å². The third kappa shape index (κ3) is 2.98. The Labute approximate surface area is 127 Å². The van der Waals surface area contributed by atoms with Gasteiger partial charge in [-0.25, -0.2) is 0 Å². The van der Waals surface area contributed by atoms with Crippen LogP contribution in [0, 0.1) is 12.8 Å². The minimum atomic E-state index is -0.221. The van der Waals surface area contributed by atoms with E-state index in [1.165, 1.54) is 6.42 Å². The van der Waals surface area contributed by atoms with Crippen molar-refractivity contribution in [3.8, 4) is 0 Å². The molecule has 1 saturated heterocycles. The topological polar surface area (TPSA) is 40.5 Å². The van der Waals surface area contributed by atoms with Crippen molar-refractivity contribution in [3.05, 3.63) is 35.4 Å². The number of rotatable bonds is 2. The summed E-state index contributed by atoms with van der Waals surface area (Å²) in [6.45, 7) is 2.85. The van der Waals surface area contributed by atoms with Gasteiger partial charge in [-0.15, -0.1) is 0 Å². The van der Waals surface area contributed by atoms with Crippen LogP contribution < -0.4 is 0 Å². The number of carbonyl (C=O) groups is 1. The molecule has 1 saturated carbocycles. The summed E-state index contributed by atoms with van der Waals surface area (Å²) in [7, 11) is 0. The number of carbonyl (C=O) groups excluding carboxylic acids is 1. The molecule has 0 bridgehead atoms. The molecule has 0 radical (unpaired) electrons. The first-order chi connectivity index (χ1) is 10.2. The third-order valence-electron chi connectivity index (χ3n) is 5.10. The average molecular weight is 287 g/mol. The van der Waals surface area contributed by atoms with Gasteiger partial charge in [0.05, 0.1) is 6.10 Å². The second kappa shape index (κ2) is 6.18. The SMILES string of the molecule is Cc1cccc(C(=O)N2CCCCC2C2CCCC2O)c1. The summed E-state index contributed by atoms with van der Waals surface area (Å²) in [6.07, 6.45) is 6.12. The van der Waals surface area contributed by atoms with E-state index in [0.717, 1.165) is 49.8 Å².